The molecule has 1 N–H and O–H groups in total. The summed E-state index contributed by atoms with van der Waals surface area (Å²) in [5.74, 6) is 0.721. The molecule has 1 aromatic rings. The molecule has 2 rings (SSSR count). The number of aliphatic hydroxyl groups is 1. The molecule has 0 spiro atoms. The van der Waals surface area contributed by atoms with Crippen molar-refractivity contribution in [2.24, 2.45) is 5.92 Å². The van der Waals surface area contributed by atoms with E-state index in [1.54, 1.807) is 0 Å². The highest BCUT2D eigenvalue weighted by Crippen LogP contribution is 2.40. The second-order valence-electron chi connectivity index (χ2n) is 4.04. The first-order chi connectivity index (χ1) is 6.65. The SMILES string of the molecule is Cc1nn(C(C)C2CC2)c(Cl)c1CO. The highest BCUT2D eigenvalue weighted by Gasteiger charge is 2.31. The van der Waals surface area contributed by atoms with Crippen molar-refractivity contribution < 1.29 is 5.11 Å². The van der Waals surface area contributed by atoms with Gasteiger partial charge in [-0.15, -0.1) is 0 Å². The second-order valence-corrected chi connectivity index (χ2v) is 4.39. The fraction of sp³-hybridized carbons (Fsp3) is 0.700. The molecule has 1 atom stereocenters. The van der Waals surface area contributed by atoms with Gasteiger partial charge in [0.2, 0.25) is 0 Å². The molecule has 1 heterocycles. The Morgan fingerprint density at radius 3 is 2.71 bits per heavy atom. The molecule has 1 saturated carbocycles. The van der Waals surface area contributed by atoms with Crippen LogP contribution < -0.4 is 0 Å². The van der Waals surface area contributed by atoms with Crippen molar-refractivity contribution >= 4 is 11.6 Å². The zero-order valence-electron chi connectivity index (χ0n) is 8.50. The second kappa shape index (κ2) is 3.55. The van der Waals surface area contributed by atoms with Crippen LogP contribution in [0.2, 0.25) is 5.15 Å². The number of halogens is 1. The van der Waals surface area contributed by atoms with Crippen LogP contribution in [0.3, 0.4) is 0 Å². The molecule has 1 aliphatic carbocycles. The van der Waals surface area contributed by atoms with Crippen LogP contribution in [-0.2, 0) is 6.61 Å². The molecule has 0 saturated heterocycles. The third-order valence-corrected chi connectivity index (χ3v) is 3.39. The summed E-state index contributed by atoms with van der Waals surface area (Å²) in [7, 11) is 0. The number of aliphatic hydroxyl groups excluding tert-OH is 1. The quantitative estimate of drug-likeness (QED) is 0.839. The lowest BCUT2D eigenvalue weighted by atomic mass is 10.2. The summed E-state index contributed by atoms with van der Waals surface area (Å²) in [6.45, 7) is 3.99. The molecule has 4 heteroatoms. The molecule has 1 fully saturated rings. The van der Waals surface area contributed by atoms with Crippen LogP contribution >= 0.6 is 11.6 Å². The van der Waals surface area contributed by atoms with E-state index in [-0.39, 0.29) is 6.61 Å². The lowest BCUT2D eigenvalue weighted by Crippen LogP contribution is -2.09. The lowest BCUT2D eigenvalue weighted by Gasteiger charge is -2.11. The minimum Gasteiger partial charge on any atom is -0.391 e. The predicted octanol–water partition coefficient (Wildman–Crippen LogP) is 2.31. The van der Waals surface area contributed by atoms with Crippen LogP contribution in [0.25, 0.3) is 0 Å². The average molecular weight is 215 g/mol. The summed E-state index contributed by atoms with van der Waals surface area (Å²) in [6, 6.07) is 0.362. The highest BCUT2D eigenvalue weighted by atomic mass is 35.5. The zero-order chi connectivity index (χ0) is 10.3. The molecule has 0 amide bonds. The van der Waals surface area contributed by atoms with Crippen molar-refractivity contribution in [3.05, 3.63) is 16.4 Å². The molecule has 1 aliphatic rings. The molecule has 0 aliphatic heterocycles. The molecular weight excluding hydrogens is 200 g/mol. The van der Waals surface area contributed by atoms with E-state index in [2.05, 4.69) is 12.0 Å². The minimum absolute atomic E-state index is 0.0257. The van der Waals surface area contributed by atoms with Crippen molar-refractivity contribution in [3.63, 3.8) is 0 Å². The first-order valence-corrected chi connectivity index (χ1v) is 5.37. The van der Waals surface area contributed by atoms with E-state index >= 15 is 0 Å². The Morgan fingerprint density at radius 1 is 1.64 bits per heavy atom. The Morgan fingerprint density at radius 2 is 2.29 bits per heavy atom. The van der Waals surface area contributed by atoms with Gasteiger partial charge in [0.25, 0.3) is 0 Å². The van der Waals surface area contributed by atoms with Gasteiger partial charge in [0.05, 0.1) is 18.3 Å². The number of nitrogens with zero attached hydrogens (tertiary/aromatic N) is 2. The molecule has 78 valence electrons. The van der Waals surface area contributed by atoms with E-state index in [1.165, 1.54) is 12.8 Å². The van der Waals surface area contributed by atoms with Gasteiger partial charge in [-0.3, -0.25) is 4.68 Å². The van der Waals surface area contributed by atoms with Crippen LogP contribution in [0, 0.1) is 12.8 Å². The first-order valence-electron chi connectivity index (χ1n) is 4.99. The summed E-state index contributed by atoms with van der Waals surface area (Å²) in [5, 5.41) is 14.1. The van der Waals surface area contributed by atoms with Crippen LogP contribution in [0.1, 0.15) is 37.1 Å². The van der Waals surface area contributed by atoms with Gasteiger partial charge in [0, 0.05) is 5.56 Å². The molecule has 1 unspecified atom stereocenters. The van der Waals surface area contributed by atoms with E-state index in [0.29, 0.717) is 11.2 Å². The van der Waals surface area contributed by atoms with Gasteiger partial charge in [-0.05, 0) is 32.6 Å². The van der Waals surface area contributed by atoms with Crippen LogP contribution in [0.5, 0.6) is 0 Å². The third kappa shape index (κ3) is 1.55. The standard InChI is InChI=1S/C10H15ClN2O/c1-6-9(5-14)10(11)13(12-6)7(2)8-3-4-8/h7-8,14H,3-5H2,1-2H3. The Balaban J connectivity index is 2.33. The van der Waals surface area contributed by atoms with E-state index in [0.717, 1.165) is 17.2 Å². The summed E-state index contributed by atoms with van der Waals surface area (Å²) in [5.41, 5.74) is 1.60. The Labute approximate surface area is 88.7 Å². The Bertz CT molecular complexity index is 344. The predicted molar refractivity (Wildman–Crippen MR) is 55.3 cm³/mol. The van der Waals surface area contributed by atoms with E-state index in [4.69, 9.17) is 16.7 Å². The Hall–Kier alpha value is -0.540. The number of rotatable bonds is 3. The lowest BCUT2D eigenvalue weighted by molar-refractivity contribution is 0.281. The van der Waals surface area contributed by atoms with Crippen molar-refractivity contribution in [1.82, 2.24) is 9.78 Å². The largest absolute Gasteiger partial charge is 0.391 e. The van der Waals surface area contributed by atoms with E-state index < -0.39 is 0 Å². The average Bonchev–Trinajstić information content (AvgIpc) is 2.93. The van der Waals surface area contributed by atoms with E-state index in [1.807, 2.05) is 11.6 Å². The van der Waals surface area contributed by atoms with Gasteiger partial charge >= 0.3 is 0 Å². The van der Waals surface area contributed by atoms with Gasteiger partial charge in [-0.1, -0.05) is 11.6 Å². The molecular formula is C10H15ClN2O. The van der Waals surface area contributed by atoms with Crippen molar-refractivity contribution in [3.8, 4) is 0 Å². The van der Waals surface area contributed by atoms with Crippen molar-refractivity contribution in [2.75, 3.05) is 0 Å². The number of hydrogen-bond donors (Lipinski definition) is 1. The van der Waals surface area contributed by atoms with Gasteiger partial charge in [0.15, 0.2) is 0 Å². The Kier molecular flexibility index (Phi) is 2.54. The minimum atomic E-state index is -0.0257. The summed E-state index contributed by atoms with van der Waals surface area (Å²) in [6.07, 6.45) is 2.54. The van der Waals surface area contributed by atoms with Crippen molar-refractivity contribution in [2.45, 2.75) is 39.3 Å². The van der Waals surface area contributed by atoms with Gasteiger partial charge in [-0.2, -0.15) is 5.10 Å². The zero-order valence-corrected chi connectivity index (χ0v) is 9.25. The fourth-order valence-corrected chi connectivity index (χ4v) is 2.17. The number of aryl methyl sites for hydroxylation is 1. The molecule has 0 aromatic carbocycles. The fourth-order valence-electron chi connectivity index (χ4n) is 1.78. The number of aromatic nitrogens is 2. The van der Waals surface area contributed by atoms with Crippen LogP contribution in [0.4, 0.5) is 0 Å². The normalized spacial score (nSPS) is 18.6. The van der Waals surface area contributed by atoms with Gasteiger partial charge in [-0.25, -0.2) is 0 Å². The summed E-state index contributed by atoms with van der Waals surface area (Å²) < 4.78 is 1.85. The van der Waals surface area contributed by atoms with Gasteiger partial charge < -0.3 is 5.11 Å². The summed E-state index contributed by atoms with van der Waals surface area (Å²) >= 11 is 6.14. The van der Waals surface area contributed by atoms with Crippen LogP contribution in [-0.4, -0.2) is 14.9 Å². The maximum atomic E-state index is 9.11. The first kappa shape index (κ1) is 9.99. The third-order valence-electron chi connectivity index (χ3n) is 2.99. The van der Waals surface area contributed by atoms with Crippen molar-refractivity contribution in [1.29, 1.82) is 0 Å². The molecule has 14 heavy (non-hydrogen) atoms. The topological polar surface area (TPSA) is 38.0 Å². The molecule has 0 radical (unpaired) electrons. The van der Waals surface area contributed by atoms with E-state index in [9.17, 15) is 0 Å². The number of hydrogen-bond acceptors (Lipinski definition) is 2. The molecule has 0 bridgehead atoms. The molecule has 3 nitrogen and oxygen atoms in total. The van der Waals surface area contributed by atoms with Gasteiger partial charge in [0.1, 0.15) is 5.15 Å². The monoisotopic (exact) mass is 214 g/mol. The summed E-state index contributed by atoms with van der Waals surface area (Å²) in [4.78, 5) is 0. The maximum Gasteiger partial charge on any atom is 0.133 e. The maximum absolute atomic E-state index is 9.11. The smallest absolute Gasteiger partial charge is 0.133 e. The molecule has 1 aromatic heterocycles. The highest BCUT2D eigenvalue weighted by molar-refractivity contribution is 6.30. The van der Waals surface area contributed by atoms with Crippen LogP contribution in [0.15, 0.2) is 0 Å².